The second kappa shape index (κ2) is 6.48. The molecule has 1 amide bonds. The lowest BCUT2D eigenvalue weighted by Crippen LogP contribution is -2.48. The molecule has 0 spiro atoms. The zero-order valence-electron chi connectivity index (χ0n) is 14.0. The molecule has 0 radical (unpaired) electrons. The minimum atomic E-state index is -0.729. The summed E-state index contributed by atoms with van der Waals surface area (Å²) in [6.07, 6.45) is 5.76. The minimum Gasteiger partial charge on any atom is -0.485 e. The molecule has 0 saturated heterocycles. The van der Waals surface area contributed by atoms with E-state index < -0.39 is 5.54 Å². The first-order valence-corrected chi connectivity index (χ1v) is 8.78. The summed E-state index contributed by atoms with van der Waals surface area (Å²) >= 11 is 0. The molecule has 2 saturated carbocycles. The average molecular weight is 342 g/mol. The quantitative estimate of drug-likeness (QED) is 0.836. The smallest absolute Gasteiger partial charge is 0.244 e. The molecule has 2 aromatic rings. The first kappa shape index (κ1) is 16.1. The number of hydrogen-bond acceptors (Lipinski definition) is 6. The summed E-state index contributed by atoms with van der Waals surface area (Å²) in [7, 11) is 0. The van der Waals surface area contributed by atoms with Crippen molar-refractivity contribution in [3.05, 3.63) is 36.0 Å². The van der Waals surface area contributed by atoms with E-state index in [1.54, 1.807) is 24.3 Å². The standard InChI is InChI=1S/C18H22N4O3/c19-18(9-1-2-10-18)17(23)20-13-5-7-14(8-6-13)24-11-15-21-16(25-22-15)12-3-4-12/h5-8,12H,1-4,9-11,19H2,(H,20,23). The number of aromatic nitrogens is 2. The Morgan fingerprint density at radius 2 is 2.00 bits per heavy atom. The summed E-state index contributed by atoms with van der Waals surface area (Å²) in [5.74, 6) is 2.26. The number of anilines is 1. The van der Waals surface area contributed by atoms with Crippen LogP contribution in [0.1, 0.15) is 56.2 Å². The van der Waals surface area contributed by atoms with E-state index >= 15 is 0 Å². The van der Waals surface area contributed by atoms with Crippen molar-refractivity contribution in [3.63, 3.8) is 0 Å². The van der Waals surface area contributed by atoms with Gasteiger partial charge in [0, 0.05) is 11.6 Å². The highest BCUT2D eigenvalue weighted by Gasteiger charge is 2.36. The van der Waals surface area contributed by atoms with Crippen LogP contribution < -0.4 is 15.8 Å². The molecule has 2 aliphatic rings. The Kier molecular flexibility index (Phi) is 4.17. The first-order valence-electron chi connectivity index (χ1n) is 8.78. The van der Waals surface area contributed by atoms with Crippen molar-refractivity contribution in [2.75, 3.05) is 5.32 Å². The number of rotatable bonds is 6. The van der Waals surface area contributed by atoms with Crippen LogP contribution in [-0.2, 0) is 11.4 Å². The van der Waals surface area contributed by atoms with Crippen molar-refractivity contribution in [2.45, 2.75) is 56.6 Å². The molecule has 2 fully saturated rings. The maximum atomic E-state index is 12.3. The molecule has 1 aromatic carbocycles. The Labute approximate surface area is 145 Å². The lowest BCUT2D eigenvalue weighted by atomic mass is 9.98. The van der Waals surface area contributed by atoms with Crippen molar-refractivity contribution in [1.82, 2.24) is 10.1 Å². The van der Waals surface area contributed by atoms with E-state index in [0.29, 0.717) is 29.1 Å². The second-order valence-corrected chi connectivity index (χ2v) is 6.95. The van der Waals surface area contributed by atoms with Gasteiger partial charge < -0.3 is 20.3 Å². The molecule has 2 aliphatic carbocycles. The van der Waals surface area contributed by atoms with Crippen molar-refractivity contribution in [2.24, 2.45) is 5.73 Å². The van der Waals surface area contributed by atoms with Gasteiger partial charge in [0.1, 0.15) is 5.75 Å². The third-order valence-corrected chi connectivity index (χ3v) is 4.84. The van der Waals surface area contributed by atoms with E-state index in [4.69, 9.17) is 15.0 Å². The lowest BCUT2D eigenvalue weighted by Gasteiger charge is -2.22. The highest BCUT2D eigenvalue weighted by molar-refractivity contribution is 5.98. The van der Waals surface area contributed by atoms with Gasteiger partial charge in [-0.25, -0.2) is 0 Å². The number of nitrogens with zero attached hydrogens (tertiary/aromatic N) is 2. The number of ether oxygens (including phenoxy) is 1. The molecule has 1 aromatic heterocycles. The van der Waals surface area contributed by atoms with Gasteiger partial charge in [-0.2, -0.15) is 4.98 Å². The summed E-state index contributed by atoms with van der Waals surface area (Å²) in [4.78, 5) is 16.6. The van der Waals surface area contributed by atoms with Gasteiger partial charge in [-0.1, -0.05) is 18.0 Å². The molecule has 0 aliphatic heterocycles. The van der Waals surface area contributed by atoms with Crippen molar-refractivity contribution >= 4 is 11.6 Å². The summed E-state index contributed by atoms with van der Waals surface area (Å²) < 4.78 is 10.9. The number of amides is 1. The average Bonchev–Trinajstić information content (AvgIpc) is 3.19. The van der Waals surface area contributed by atoms with Gasteiger partial charge in [-0.3, -0.25) is 4.79 Å². The molecule has 7 heteroatoms. The van der Waals surface area contributed by atoms with Crippen LogP contribution in [0, 0.1) is 0 Å². The molecule has 132 valence electrons. The molecule has 0 atom stereocenters. The molecule has 4 rings (SSSR count). The van der Waals surface area contributed by atoms with Crippen LogP contribution in [0.4, 0.5) is 5.69 Å². The molecular formula is C18H22N4O3. The van der Waals surface area contributed by atoms with Gasteiger partial charge in [0.05, 0.1) is 5.54 Å². The first-order chi connectivity index (χ1) is 12.1. The summed E-state index contributed by atoms with van der Waals surface area (Å²) in [5, 5.41) is 6.81. The van der Waals surface area contributed by atoms with Crippen molar-refractivity contribution in [1.29, 1.82) is 0 Å². The van der Waals surface area contributed by atoms with Crippen LogP contribution in [-0.4, -0.2) is 21.6 Å². The second-order valence-electron chi connectivity index (χ2n) is 6.95. The summed E-state index contributed by atoms with van der Waals surface area (Å²) in [6.45, 7) is 0.258. The Morgan fingerprint density at radius 3 is 2.68 bits per heavy atom. The molecule has 3 N–H and O–H groups in total. The maximum absolute atomic E-state index is 12.3. The van der Waals surface area contributed by atoms with Crippen LogP contribution >= 0.6 is 0 Å². The van der Waals surface area contributed by atoms with Crippen LogP contribution in [0.25, 0.3) is 0 Å². The highest BCUT2D eigenvalue weighted by Crippen LogP contribution is 2.38. The third kappa shape index (κ3) is 3.66. The van der Waals surface area contributed by atoms with Crippen molar-refractivity contribution in [3.8, 4) is 5.75 Å². The summed E-state index contributed by atoms with van der Waals surface area (Å²) in [5.41, 5.74) is 6.14. The zero-order valence-corrected chi connectivity index (χ0v) is 14.0. The van der Waals surface area contributed by atoms with Crippen LogP contribution in [0.15, 0.2) is 28.8 Å². The van der Waals surface area contributed by atoms with Gasteiger partial charge >= 0.3 is 0 Å². The Balaban J connectivity index is 1.31. The SMILES string of the molecule is NC1(C(=O)Nc2ccc(OCc3noc(C4CC4)n3)cc2)CCCC1. The Morgan fingerprint density at radius 1 is 1.28 bits per heavy atom. The van der Waals surface area contributed by atoms with Crippen LogP contribution in [0.5, 0.6) is 5.75 Å². The van der Waals surface area contributed by atoms with E-state index in [-0.39, 0.29) is 12.5 Å². The molecule has 1 heterocycles. The highest BCUT2D eigenvalue weighted by atomic mass is 16.5. The van der Waals surface area contributed by atoms with E-state index in [9.17, 15) is 4.79 Å². The van der Waals surface area contributed by atoms with E-state index in [2.05, 4.69) is 15.5 Å². The zero-order chi connectivity index (χ0) is 17.3. The molecular weight excluding hydrogens is 320 g/mol. The molecule has 7 nitrogen and oxygen atoms in total. The van der Waals surface area contributed by atoms with Crippen LogP contribution in [0.3, 0.4) is 0 Å². The number of benzene rings is 1. The van der Waals surface area contributed by atoms with Gasteiger partial charge in [-0.05, 0) is 49.9 Å². The van der Waals surface area contributed by atoms with Gasteiger partial charge in [0.15, 0.2) is 6.61 Å². The lowest BCUT2D eigenvalue weighted by molar-refractivity contribution is -0.121. The van der Waals surface area contributed by atoms with Gasteiger partial charge in [0.2, 0.25) is 17.6 Å². The van der Waals surface area contributed by atoms with E-state index in [1.807, 2.05) is 0 Å². The van der Waals surface area contributed by atoms with Crippen molar-refractivity contribution < 1.29 is 14.1 Å². The molecule has 0 bridgehead atoms. The topological polar surface area (TPSA) is 103 Å². The number of carbonyl (C=O) groups excluding carboxylic acids is 1. The van der Waals surface area contributed by atoms with Crippen LogP contribution in [0.2, 0.25) is 0 Å². The normalized spacial score (nSPS) is 18.9. The molecule has 0 unspecified atom stereocenters. The largest absolute Gasteiger partial charge is 0.485 e. The predicted octanol–water partition coefficient (Wildman–Crippen LogP) is 2.74. The van der Waals surface area contributed by atoms with Gasteiger partial charge in [0.25, 0.3) is 0 Å². The number of hydrogen-bond donors (Lipinski definition) is 2. The summed E-state index contributed by atoms with van der Waals surface area (Å²) in [6, 6.07) is 7.21. The fourth-order valence-corrected chi connectivity index (χ4v) is 3.09. The molecule has 25 heavy (non-hydrogen) atoms. The van der Waals surface area contributed by atoms with E-state index in [1.165, 1.54) is 0 Å². The Hall–Kier alpha value is -2.41. The monoisotopic (exact) mass is 342 g/mol. The van der Waals surface area contributed by atoms with E-state index in [0.717, 1.165) is 38.5 Å². The Bertz CT molecular complexity index is 746. The number of nitrogens with one attached hydrogen (secondary N) is 1. The minimum absolute atomic E-state index is 0.113. The fourth-order valence-electron chi connectivity index (χ4n) is 3.09. The number of nitrogens with two attached hydrogens (primary N) is 1. The van der Waals surface area contributed by atoms with Gasteiger partial charge in [-0.15, -0.1) is 0 Å². The number of carbonyl (C=O) groups is 1. The maximum Gasteiger partial charge on any atom is 0.244 e. The fraction of sp³-hybridized carbons (Fsp3) is 0.500. The predicted molar refractivity (Wildman–Crippen MR) is 91.1 cm³/mol. The third-order valence-electron chi connectivity index (χ3n) is 4.84.